The molecule has 1 aromatic carbocycles. The fraction of sp³-hybridized carbons (Fsp3) is 0.450. The van der Waals surface area contributed by atoms with Crippen molar-refractivity contribution in [2.75, 3.05) is 31.5 Å². The maximum absolute atomic E-state index is 13.3. The Morgan fingerprint density at radius 1 is 1.18 bits per heavy atom. The second kappa shape index (κ2) is 8.62. The first-order chi connectivity index (χ1) is 13.3. The highest BCUT2D eigenvalue weighted by Gasteiger charge is 2.28. The number of carbonyl (C=O) groups is 1. The Kier molecular flexibility index (Phi) is 6.21. The second-order valence-electron chi connectivity index (χ2n) is 7.20. The number of amides is 1. The van der Waals surface area contributed by atoms with E-state index in [4.69, 9.17) is 0 Å². The van der Waals surface area contributed by atoms with Gasteiger partial charge in [-0.25, -0.2) is 9.37 Å². The zero-order valence-electron chi connectivity index (χ0n) is 16.4. The van der Waals surface area contributed by atoms with Crippen molar-refractivity contribution in [3.05, 3.63) is 58.0 Å². The van der Waals surface area contributed by atoms with Gasteiger partial charge in [0.15, 0.2) is 0 Å². The van der Waals surface area contributed by atoms with E-state index in [9.17, 15) is 14.0 Å². The first-order valence-electron chi connectivity index (χ1n) is 9.46. The fourth-order valence-corrected chi connectivity index (χ4v) is 3.46. The molecule has 1 aromatic heterocycles. The number of piperazine rings is 1. The van der Waals surface area contributed by atoms with Gasteiger partial charge >= 0.3 is 0 Å². The summed E-state index contributed by atoms with van der Waals surface area (Å²) in [5.74, 6) is 0.128. The molecule has 1 amide bonds. The van der Waals surface area contributed by atoms with Crippen LogP contribution in [0, 0.1) is 12.7 Å². The maximum Gasteiger partial charge on any atom is 0.251 e. The molecule has 7 nitrogen and oxygen atoms in total. The van der Waals surface area contributed by atoms with Gasteiger partial charge in [0, 0.05) is 43.6 Å². The molecule has 0 radical (unpaired) electrons. The highest BCUT2D eigenvalue weighted by Crippen LogP contribution is 2.19. The zero-order valence-corrected chi connectivity index (χ0v) is 16.4. The SMILES string of the molecule is Cc1cc(=O)[nH]c([C@@H](C)N2CCN([C@@H](C)C(=O)Nc3cccc(F)c3)CC2)n1. The average molecular weight is 387 g/mol. The summed E-state index contributed by atoms with van der Waals surface area (Å²) in [6.45, 7) is 8.64. The normalized spacial score (nSPS) is 17.9. The monoisotopic (exact) mass is 387 g/mol. The fourth-order valence-electron chi connectivity index (χ4n) is 3.46. The summed E-state index contributed by atoms with van der Waals surface area (Å²) in [6, 6.07) is 7.04. The van der Waals surface area contributed by atoms with Crippen LogP contribution in [-0.4, -0.2) is 57.9 Å². The summed E-state index contributed by atoms with van der Waals surface area (Å²) >= 11 is 0. The van der Waals surface area contributed by atoms with Gasteiger partial charge < -0.3 is 10.3 Å². The van der Waals surface area contributed by atoms with Crippen molar-refractivity contribution in [2.45, 2.75) is 32.9 Å². The van der Waals surface area contributed by atoms with Crippen LogP contribution >= 0.6 is 0 Å². The van der Waals surface area contributed by atoms with Crippen molar-refractivity contribution in [3.8, 4) is 0 Å². The van der Waals surface area contributed by atoms with Gasteiger partial charge in [-0.05, 0) is 39.0 Å². The number of aromatic amines is 1. The molecule has 150 valence electrons. The molecule has 0 spiro atoms. The number of anilines is 1. The van der Waals surface area contributed by atoms with Gasteiger partial charge in [0.05, 0.1) is 12.1 Å². The molecule has 28 heavy (non-hydrogen) atoms. The predicted molar refractivity (Wildman–Crippen MR) is 106 cm³/mol. The quantitative estimate of drug-likeness (QED) is 0.819. The van der Waals surface area contributed by atoms with E-state index in [1.54, 1.807) is 12.1 Å². The Morgan fingerprint density at radius 3 is 2.50 bits per heavy atom. The molecule has 1 saturated heterocycles. The number of aromatic nitrogens is 2. The Morgan fingerprint density at radius 2 is 1.86 bits per heavy atom. The van der Waals surface area contributed by atoms with Crippen molar-refractivity contribution in [3.63, 3.8) is 0 Å². The standard InChI is InChI=1S/C20H26FN5O2/c1-13-11-18(27)24-19(22-13)14(2)25-7-9-26(10-8-25)15(3)20(28)23-17-6-4-5-16(21)12-17/h4-6,11-12,14-15H,7-10H2,1-3H3,(H,23,28)(H,22,24,27)/t14-,15+/m1/s1. The van der Waals surface area contributed by atoms with Gasteiger partial charge in [0.1, 0.15) is 11.6 Å². The zero-order chi connectivity index (χ0) is 20.3. The lowest BCUT2D eigenvalue weighted by Gasteiger charge is -2.39. The Labute approximate surface area is 163 Å². The first kappa shape index (κ1) is 20.2. The third-order valence-corrected chi connectivity index (χ3v) is 5.20. The Bertz CT molecular complexity index is 892. The summed E-state index contributed by atoms with van der Waals surface area (Å²) in [4.78, 5) is 35.8. The molecular formula is C20H26FN5O2. The van der Waals surface area contributed by atoms with E-state index in [0.29, 0.717) is 17.2 Å². The van der Waals surface area contributed by atoms with Crippen LogP contribution < -0.4 is 10.9 Å². The molecule has 2 heterocycles. The number of nitrogens with zero attached hydrogens (tertiary/aromatic N) is 3. The molecule has 1 fully saturated rings. The molecule has 2 aromatic rings. The number of H-pyrrole nitrogens is 1. The van der Waals surface area contributed by atoms with Crippen molar-refractivity contribution in [1.29, 1.82) is 0 Å². The van der Waals surface area contributed by atoms with Crippen molar-refractivity contribution in [1.82, 2.24) is 19.8 Å². The third-order valence-electron chi connectivity index (χ3n) is 5.20. The van der Waals surface area contributed by atoms with Crippen LogP contribution in [0.3, 0.4) is 0 Å². The van der Waals surface area contributed by atoms with E-state index < -0.39 is 0 Å². The topological polar surface area (TPSA) is 81.3 Å². The Hall–Kier alpha value is -2.58. The summed E-state index contributed by atoms with van der Waals surface area (Å²) < 4.78 is 13.3. The molecule has 2 N–H and O–H groups in total. The molecule has 2 atom stereocenters. The van der Waals surface area contributed by atoms with E-state index in [0.717, 1.165) is 26.2 Å². The molecule has 1 aliphatic rings. The molecule has 0 aliphatic carbocycles. The van der Waals surface area contributed by atoms with Crippen LogP contribution in [0.2, 0.25) is 0 Å². The lowest BCUT2D eigenvalue weighted by molar-refractivity contribution is -0.121. The van der Waals surface area contributed by atoms with Gasteiger partial charge in [-0.3, -0.25) is 19.4 Å². The van der Waals surface area contributed by atoms with Gasteiger partial charge in [-0.1, -0.05) is 6.07 Å². The Balaban J connectivity index is 1.56. The average Bonchev–Trinajstić information content (AvgIpc) is 2.66. The van der Waals surface area contributed by atoms with Crippen molar-refractivity contribution < 1.29 is 9.18 Å². The number of nitrogens with one attached hydrogen (secondary N) is 2. The van der Waals surface area contributed by atoms with Gasteiger partial charge in [-0.15, -0.1) is 0 Å². The maximum atomic E-state index is 13.3. The summed E-state index contributed by atoms with van der Waals surface area (Å²) in [7, 11) is 0. The van der Waals surface area contributed by atoms with Crippen molar-refractivity contribution >= 4 is 11.6 Å². The highest BCUT2D eigenvalue weighted by atomic mass is 19.1. The van der Waals surface area contributed by atoms with E-state index in [-0.39, 0.29) is 29.4 Å². The lowest BCUT2D eigenvalue weighted by atomic mass is 10.1. The van der Waals surface area contributed by atoms with Gasteiger partial charge in [0.25, 0.3) is 5.56 Å². The minimum atomic E-state index is -0.379. The van der Waals surface area contributed by atoms with Gasteiger partial charge in [-0.2, -0.15) is 0 Å². The molecule has 1 aliphatic heterocycles. The van der Waals surface area contributed by atoms with E-state index in [2.05, 4.69) is 25.1 Å². The molecular weight excluding hydrogens is 361 g/mol. The second-order valence-corrected chi connectivity index (χ2v) is 7.20. The first-order valence-corrected chi connectivity index (χ1v) is 9.46. The van der Waals surface area contributed by atoms with Crippen LogP contribution in [0.4, 0.5) is 10.1 Å². The highest BCUT2D eigenvalue weighted by molar-refractivity contribution is 5.94. The predicted octanol–water partition coefficient (Wildman–Crippen LogP) is 1.92. The smallest absolute Gasteiger partial charge is 0.251 e. The summed E-state index contributed by atoms with van der Waals surface area (Å²) in [5, 5.41) is 2.77. The molecule has 0 unspecified atom stereocenters. The molecule has 3 rings (SSSR count). The van der Waals surface area contributed by atoms with E-state index >= 15 is 0 Å². The number of carbonyl (C=O) groups excluding carboxylic acids is 1. The number of hydrogen-bond acceptors (Lipinski definition) is 5. The number of rotatable bonds is 5. The van der Waals surface area contributed by atoms with Gasteiger partial charge in [0.2, 0.25) is 5.91 Å². The molecule has 0 saturated carbocycles. The minimum Gasteiger partial charge on any atom is -0.325 e. The minimum absolute atomic E-state index is 0.00817. The van der Waals surface area contributed by atoms with E-state index in [1.165, 1.54) is 18.2 Å². The summed E-state index contributed by atoms with van der Waals surface area (Å²) in [5.41, 5.74) is 1.01. The largest absolute Gasteiger partial charge is 0.325 e. The molecule has 0 bridgehead atoms. The van der Waals surface area contributed by atoms with Crippen LogP contribution in [0.25, 0.3) is 0 Å². The number of benzene rings is 1. The molecule has 8 heteroatoms. The van der Waals surface area contributed by atoms with Crippen LogP contribution in [0.15, 0.2) is 35.1 Å². The van der Waals surface area contributed by atoms with Crippen LogP contribution in [-0.2, 0) is 4.79 Å². The number of hydrogen-bond donors (Lipinski definition) is 2. The van der Waals surface area contributed by atoms with Crippen molar-refractivity contribution in [2.24, 2.45) is 0 Å². The third kappa shape index (κ3) is 4.82. The van der Waals surface area contributed by atoms with Crippen LogP contribution in [0.5, 0.6) is 0 Å². The number of halogens is 1. The summed E-state index contributed by atoms with van der Waals surface area (Å²) in [6.07, 6.45) is 0. The number of aryl methyl sites for hydroxylation is 1. The van der Waals surface area contributed by atoms with Crippen LogP contribution in [0.1, 0.15) is 31.4 Å². The lowest BCUT2D eigenvalue weighted by Crippen LogP contribution is -2.53. The van der Waals surface area contributed by atoms with E-state index in [1.807, 2.05) is 20.8 Å².